The van der Waals surface area contributed by atoms with Crippen molar-refractivity contribution in [3.05, 3.63) is 99.2 Å². The van der Waals surface area contributed by atoms with Crippen molar-refractivity contribution in [2.75, 3.05) is 19.6 Å². The number of carbonyl (C=O) groups excluding carboxylic acids is 1. The van der Waals surface area contributed by atoms with Crippen LogP contribution in [0.5, 0.6) is 0 Å². The molecule has 1 aliphatic heterocycles. The van der Waals surface area contributed by atoms with Gasteiger partial charge in [-0.2, -0.15) is 0 Å². The molecule has 1 fully saturated rings. The van der Waals surface area contributed by atoms with Crippen LogP contribution < -0.4 is 5.69 Å². The van der Waals surface area contributed by atoms with E-state index in [0.29, 0.717) is 17.1 Å². The van der Waals surface area contributed by atoms with Crippen LogP contribution in [0.3, 0.4) is 0 Å². The van der Waals surface area contributed by atoms with Crippen LogP contribution in [0.15, 0.2) is 71.5 Å². The van der Waals surface area contributed by atoms with E-state index in [1.807, 2.05) is 41.8 Å². The lowest BCUT2D eigenvalue weighted by Gasteiger charge is -2.31. The van der Waals surface area contributed by atoms with Crippen LogP contribution in [0.25, 0.3) is 16.7 Å². The lowest BCUT2D eigenvalue weighted by Crippen LogP contribution is -2.39. The van der Waals surface area contributed by atoms with E-state index in [0.717, 1.165) is 54.8 Å². The fourth-order valence-electron chi connectivity index (χ4n) is 5.05. The van der Waals surface area contributed by atoms with Gasteiger partial charge < -0.3 is 4.90 Å². The molecule has 1 aliphatic rings. The second-order valence-corrected chi connectivity index (χ2v) is 9.61. The molecule has 0 unspecified atom stereocenters. The number of hydrogen-bond donors (Lipinski definition) is 0. The summed E-state index contributed by atoms with van der Waals surface area (Å²) in [5, 5.41) is 0.628. The van der Waals surface area contributed by atoms with Gasteiger partial charge in [0.05, 0.1) is 16.7 Å². The number of benzene rings is 3. The van der Waals surface area contributed by atoms with E-state index >= 15 is 0 Å². The third-order valence-corrected chi connectivity index (χ3v) is 7.21. The molecule has 2 heterocycles. The molecule has 5 nitrogen and oxygen atoms in total. The third kappa shape index (κ3) is 4.68. The lowest BCUT2D eigenvalue weighted by molar-refractivity contribution is 0.0837. The first kappa shape index (κ1) is 23.5. The largest absolute Gasteiger partial charge is 0.333 e. The summed E-state index contributed by atoms with van der Waals surface area (Å²) in [6.07, 6.45) is 1.52. The van der Waals surface area contributed by atoms with Crippen molar-refractivity contribution in [2.24, 2.45) is 5.92 Å². The number of hydrogen-bond acceptors (Lipinski definition) is 3. The SMILES string of the molecule is Cc1cccc2c1n(CCN1CCC(C(=O)c3ccc(F)cc3)CC1)c(=O)n2-c1ccc(Cl)cc1. The molecular weight excluding hydrogens is 465 g/mol. The summed E-state index contributed by atoms with van der Waals surface area (Å²) in [6, 6.07) is 19.1. The fraction of sp³-hybridized carbons (Fsp3) is 0.286. The Balaban J connectivity index is 1.32. The predicted octanol–water partition coefficient (Wildman–Crippen LogP) is 5.49. The molecule has 5 rings (SSSR count). The number of ketones is 1. The van der Waals surface area contributed by atoms with E-state index in [1.165, 1.54) is 12.1 Å². The minimum atomic E-state index is -0.334. The molecule has 0 saturated carbocycles. The van der Waals surface area contributed by atoms with E-state index < -0.39 is 0 Å². The molecule has 180 valence electrons. The Morgan fingerprint density at radius 1 is 0.971 bits per heavy atom. The van der Waals surface area contributed by atoms with Crippen molar-refractivity contribution in [1.82, 2.24) is 14.0 Å². The number of aromatic nitrogens is 2. The van der Waals surface area contributed by atoms with Crippen LogP contribution in [-0.2, 0) is 6.54 Å². The summed E-state index contributed by atoms with van der Waals surface area (Å²) >= 11 is 6.06. The average molecular weight is 492 g/mol. The summed E-state index contributed by atoms with van der Waals surface area (Å²) in [5.74, 6) is -0.296. The number of nitrogens with zero attached hydrogens (tertiary/aromatic N) is 3. The topological polar surface area (TPSA) is 47.2 Å². The first-order chi connectivity index (χ1) is 16.9. The first-order valence-electron chi connectivity index (χ1n) is 11.9. The lowest BCUT2D eigenvalue weighted by atomic mass is 9.89. The van der Waals surface area contributed by atoms with Crippen LogP contribution >= 0.6 is 11.6 Å². The van der Waals surface area contributed by atoms with Gasteiger partial charge in [-0.05, 0) is 93.0 Å². The van der Waals surface area contributed by atoms with Crippen molar-refractivity contribution < 1.29 is 9.18 Å². The van der Waals surface area contributed by atoms with Gasteiger partial charge >= 0.3 is 5.69 Å². The number of para-hydroxylation sites is 1. The van der Waals surface area contributed by atoms with Crippen molar-refractivity contribution in [2.45, 2.75) is 26.3 Å². The number of rotatable bonds is 6. The van der Waals surface area contributed by atoms with Gasteiger partial charge in [0.15, 0.2) is 5.78 Å². The van der Waals surface area contributed by atoms with Crippen LogP contribution in [0, 0.1) is 18.7 Å². The van der Waals surface area contributed by atoms with Crippen LogP contribution in [0.4, 0.5) is 4.39 Å². The number of carbonyl (C=O) groups is 1. The quantitative estimate of drug-likeness (QED) is 0.335. The molecule has 1 saturated heterocycles. The molecule has 0 atom stereocenters. The maximum atomic E-state index is 13.5. The molecule has 4 aromatic rings. The van der Waals surface area contributed by atoms with Crippen molar-refractivity contribution in [3.8, 4) is 5.69 Å². The van der Waals surface area contributed by atoms with E-state index in [1.54, 1.807) is 28.8 Å². The maximum Gasteiger partial charge on any atom is 0.333 e. The zero-order valence-corrected chi connectivity index (χ0v) is 20.3. The third-order valence-electron chi connectivity index (χ3n) is 6.96. The van der Waals surface area contributed by atoms with Crippen LogP contribution in [0.1, 0.15) is 28.8 Å². The van der Waals surface area contributed by atoms with Gasteiger partial charge in [0.1, 0.15) is 5.82 Å². The number of Topliss-reactive ketones (excluding diaryl/α,β-unsaturated/α-hetero) is 1. The van der Waals surface area contributed by atoms with Gasteiger partial charge in [-0.3, -0.25) is 13.9 Å². The second kappa shape index (κ2) is 9.80. The Bertz CT molecular complexity index is 1420. The Morgan fingerprint density at radius 3 is 2.34 bits per heavy atom. The highest BCUT2D eigenvalue weighted by atomic mass is 35.5. The minimum Gasteiger partial charge on any atom is -0.302 e. The van der Waals surface area contributed by atoms with Crippen LogP contribution in [-0.4, -0.2) is 39.5 Å². The smallest absolute Gasteiger partial charge is 0.302 e. The summed E-state index contributed by atoms with van der Waals surface area (Å²) in [7, 11) is 0. The summed E-state index contributed by atoms with van der Waals surface area (Å²) in [4.78, 5) is 28.6. The molecule has 3 aromatic carbocycles. The van der Waals surface area contributed by atoms with Crippen molar-refractivity contribution >= 4 is 28.4 Å². The molecule has 0 bridgehead atoms. The molecule has 7 heteroatoms. The number of imidazole rings is 1. The highest BCUT2D eigenvalue weighted by Gasteiger charge is 2.26. The molecule has 1 aromatic heterocycles. The fourth-order valence-corrected chi connectivity index (χ4v) is 5.18. The van der Waals surface area contributed by atoms with Gasteiger partial charge in [-0.15, -0.1) is 0 Å². The highest BCUT2D eigenvalue weighted by molar-refractivity contribution is 6.30. The predicted molar refractivity (Wildman–Crippen MR) is 137 cm³/mol. The number of piperidine rings is 1. The molecule has 0 N–H and O–H groups in total. The van der Waals surface area contributed by atoms with Gasteiger partial charge in [0.2, 0.25) is 0 Å². The second-order valence-electron chi connectivity index (χ2n) is 9.18. The molecule has 0 aliphatic carbocycles. The van der Waals surface area contributed by atoms with Gasteiger partial charge in [-0.25, -0.2) is 9.18 Å². The first-order valence-corrected chi connectivity index (χ1v) is 12.3. The summed E-state index contributed by atoms with van der Waals surface area (Å²) < 4.78 is 16.8. The number of likely N-dealkylation sites (tertiary alicyclic amines) is 1. The molecule has 0 amide bonds. The van der Waals surface area contributed by atoms with Crippen LogP contribution in [0.2, 0.25) is 5.02 Å². The normalized spacial score (nSPS) is 15.1. The van der Waals surface area contributed by atoms with Crippen molar-refractivity contribution in [1.29, 1.82) is 0 Å². The Labute approximate surface area is 208 Å². The minimum absolute atomic E-state index is 0.0477. The zero-order chi connectivity index (χ0) is 24.5. The van der Waals surface area contributed by atoms with Crippen molar-refractivity contribution in [3.63, 3.8) is 0 Å². The van der Waals surface area contributed by atoms with E-state index in [4.69, 9.17) is 11.6 Å². The molecule has 35 heavy (non-hydrogen) atoms. The molecule has 0 spiro atoms. The summed E-state index contributed by atoms with van der Waals surface area (Å²) in [5.41, 5.74) is 4.15. The zero-order valence-electron chi connectivity index (χ0n) is 19.6. The van der Waals surface area contributed by atoms with E-state index in [2.05, 4.69) is 4.90 Å². The Hall–Kier alpha value is -3.22. The van der Waals surface area contributed by atoms with E-state index in [9.17, 15) is 14.0 Å². The van der Waals surface area contributed by atoms with Gasteiger partial charge in [-0.1, -0.05) is 23.7 Å². The molecule has 0 radical (unpaired) electrons. The van der Waals surface area contributed by atoms with E-state index in [-0.39, 0.29) is 23.2 Å². The number of fused-ring (bicyclic) bond motifs is 1. The average Bonchev–Trinajstić information content (AvgIpc) is 3.16. The monoisotopic (exact) mass is 491 g/mol. The van der Waals surface area contributed by atoms with Gasteiger partial charge in [0.25, 0.3) is 0 Å². The standard InChI is InChI=1S/C28H27ClFN3O2/c1-19-3-2-4-25-26(19)32(28(35)33(25)24-11-7-22(29)8-12-24)18-17-31-15-13-21(14-16-31)27(34)20-5-9-23(30)10-6-20/h2-12,21H,13-18H2,1H3. The van der Waals surface area contributed by atoms with Gasteiger partial charge in [0, 0.05) is 29.6 Å². The number of halogens is 2. The highest BCUT2D eigenvalue weighted by Crippen LogP contribution is 2.24. The maximum absolute atomic E-state index is 13.5. The molecular formula is C28H27ClFN3O2. The Kier molecular flexibility index (Phi) is 6.58. The summed E-state index contributed by atoms with van der Waals surface area (Å²) in [6.45, 7) is 4.90. The number of aryl methyl sites for hydroxylation is 1. The Morgan fingerprint density at radius 2 is 1.66 bits per heavy atom.